The molecule has 0 aliphatic heterocycles. The first-order valence-electron chi connectivity index (χ1n) is 10.3. The third-order valence-corrected chi connectivity index (χ3v) is 6.21. The van der Waals surface area contributed by atoms with Crippen LogP contribution in [0, 0.1) is 5.92 Å². The molecule has 0 saturated heterocycles. The summed E-state index contributed by atoms with van der Waals surface area (Å²) in [4.78, 5) is 10.5. The van der Waals surface area contributed by atoms with Crippen molar-refractivity contribution >= 4 is 11.8 Å². The molecule has 0 radical (unpaired) electrons. The van der Waals surface area contributed by atoms with Gasteiger partial charge in [-0.1, -0.05) is 71.4 Å². The van der Waals surface area contributed by atoms with Crippen molar-refractivity contribution in [1.82, 2.24) is 9.97 Å². The summed E-state index contributed by atoms with van der Waals surface area (Å²) in [5.74, 6) is 2.77. The van der Waals surface area contributed by atoms with Crippen LogP contribution in [0.3, 0.4) is 0 Å². The molecule has 0 saturated carbocycles. The molecule has 1 unspecified atom stereocenters. The molecule has 0 amide bonds. The first kappa shape index (κ1) is 21.0. The van der Waals surface area contributed by atoms with E-state index in [4.69, 9.17) is 0 Å². The zero-order valence-corrected chi connectivity index (χ0v) is 17.5. The normalized spacial score (nSPS) is 12.3. The van der Waals surface area contributed by atoms with E-state index in [1.807, 2.05) is 24.2 Å². The van der Waals surface area contributed by atoms with Gasteiger partial charge in [-0.05, 0) is 36.5 Å². The van der Waals surface area contributed by atoms with Gasteiger partial charge < -0.3 is 0 Å². The van der Waals surface area contributed by atoms with Crippen molar-refractivity contribution in [2.75, 3.05) is 5.75 Å². The van der Waals surface area contributed by atoms with Gasteiger partial charge >= 0.3 is 0 Å². The van der Waals surface area contributed by atoms with E-state index < -0.39 is 0 Å². The van der Waals surface area contributed by atoms with Gasteiger partial charge in [0.05, 0.1) is 0 Å². The number of rotatable bonds is 12. The van der Waals surface area contributed by atoms with Gasteiger partial charge in [-0.25, -0.2) is 9.97 Å². The maximum atomic E-state index is 4.58. The van der Waals surface area contributed by atoms with E-state index in [-0.39, 0.29) is 0 Å². The van der Waals surface area contributed by atoms with Gasteiger partial charge in [-0.3, -0.25) is 0 Å². The minimum absolute atomic E-state index is 0.766. The number of hydrogen-bond acceptors (Lipinski definition) is 3. The highest BCUT2D eigenvalue weighted by Gasteiger charge is 2.04. The zero-order chi connectivity index (χ0) is 18.6. The van der Waals surface area contributed by atoms with E-state index in [0.29, 0.717) is 0 Å². The Labute approximate surface area is 164 Å². The summed E-state index contributed by atoms with van der Waals surface area (Å²) in [6.07, 6.45) is 14.3. The third-order valence-electron chi connectivity index (χ3n) is 4.87. The summed E-state index contributed by atoms with van der Waals surface area (Å²) in [6, 6.07) is 8.66. The van der Waals surface area contributed by atoms with Crippen LogP contribution in [0.1, 0.15) is 71.3 Å². The van der Waals surface area contributed by atoms with Crippen molar-refractivity contribution in [1.29, 1.82) is 0 Å². The minimum atomic E-state index is 0.766. The average molecular weight is 371 g/mol. The molecule has 0 aliphatic carbocycles. The first-order valence-corrected chi connectivity index (χ1v) is 11.3. The van der Waals surface area contributed by atoms with E-state index in [1.165, 1.54) is 61.2 Å². The summed E-state index contributed by atoms with van der Waals surface area (Å²) in [6.45, 7) is 6.82. The Morgan fingerprint density at radius 3 is 2.19 bits per heavy atom. The van der Waals surface area contributed by atoms with E-state index in [2.05, 4.69) is 55.0 Å². The minimum Gasteiger partial charge on any atom is -0.236 e. The fraction of sp³-hybridized carbons (Fsp3) is 0.565. The van der Waals surface area contributed by atoms with Gasteiger partial charge in [-0.2, -0.15) is 0 Å². The second kappa shape index (κ2) is 12.1. The second-order valence-corrected chi connectivity index (χ2v) is 8.37. The van der Waals surface area contributed by atoms with E-state index in [1.54, 1.807) is 0 Å². The Hall–Kier alpha value is -1.35. The fourth-order valence-electron chi connectivity index (χ4n) is 2.80. The summed E-state index contributed by atoms with van der Waals surface area (Å²) in [5.41, 5.74) is 2.36. The van der Waals surface area contributed by atoms with E-state index >= 15 is 0 Å². The predicted octanol–water partition coefficient (Wildman–Crippen LogP) is 7.18. The Balaban J connectivity index is 1.80. The third kappa shape index (κ3) is 7.49. The molecule has 142 valence electrons. The fourth-order valence-corrected chi connectivity index (χ4v) is 3.84. The van der Waals surface area contributed by atoms with Crippen molar-refractivity contribution < 1.29 is 0 Å². The summed E-state index contributed by atoms with van der Waals surface area (Å²) >= 11 is 1.93. The standard InChI is InChI=1S/C23H34N2S/c1-4-6-7-8-9-10-11-20-16-24-23(25-17-20)21-12-14-22(15-13-21)26-18-19(3)5-2/h12-17,19H,4-11,18H2,1-3H3. The quantitative estimate of drug-likeness (QED) is 0.292. The molecule has 2 rings (SSSR count). The highest BCUT2D eigenvalue weighted by molar-refractivity contribution is 7.99. The molecule has 1 aromatic carbocycles. The van der Waals surface area contributed by atoms with Crippen LogP contribution in [0.2, 0.25) is 0 Å². The van der Waals surface area contributed by atoms with Gasteiger partial charge in [0.1, 0.15) is 0 Å². The highest BCUT2D eigenvalue weighted by atomic mass is 32.2. The van der Waals surface area contributed by atoms with Crippen LogP contribution in [0.15, 0.2) is 41.6 Å². The first-order chi connectivity index (χ1) is 12.7. The van der Waals surface area contributed by atoms with Crippen molar-refractivity contribution in [2.45, 2.75) is 77.0 Å². The molecule has 2 aromatic rings. The number of aryl methyl sites for hydroxylation is 1. The number of aromatic nitrogens is 2. The molecule has 26 heavy (non-hydrogen) atoms. The van der Waals surface area contributed by atoms with Gasteiger partial charge in [-0.15, -0.1) is 11.8 Å². The van der Waals surface area contributed by atoms with Gasteiger partial charge in [0.25, 0.3) is 0 Å². The maximum absolute atomic E-state index is 4.58. The Bertz CT molecular complexity index is 607. The van der Waals surface area contributed by atoms with Crippen LogP contribution >= 0.6 is 11.8 Å². The summed E-state index contributed by atoms with van der Waals surface area (Å²) < 4.78 is 0. The SMILES string of the molecule is CCCCCCCCc1cnc(-c2ccc(SCC(C)CC)cc2)nc1. The van der Waals surface area contributed by atoms with Crippen molar-refractivity contribution in [3.63, 3.8) is 0 Å². The molecule has 0 N–H and O–H groups in total. The molecule has 0 bridgehead atoms. The number of unbranched alkanes of at least 4 members (excludes halogenated alkanes) is 5. The van der Waals surface area contributed by atoms with Crippen LogP contribution < -0.4 is 0 Å². The second-order valence-electron chi connectivity index (χ2n) is 7.28. The van der Waals surface area contributed by atoms with Crippen molar-refractivity contribution in [3.8, 4) is 11.4 Å². The smallest absolute Gasteiger partial charge is 0.159 e. The monoisotopic (exact) mass is 370 g/mol. The predicted molar refractivity (Wildman–Crippen MR) is 115 cm³/mol. The molecule has 0 aliphatic rings. The van der Waals surface area contributed by atoms with E-state index in [9.17, 15) is 0 Å². The molecule has 3 heteroatoms. The largest absolute Gasteiger partial charge is 0.236 e. The lowest BCUT2D eigenvalue weighted by Gasteiger charge is -2.08. The highest BCUT2D eigenvalue weighted by Crippen LogP contribution is 2.24. The molecule has 1 atom stereocenters. The molecule has 2 nitrogen and oxygen atoms in total. The molecule has 0 fully saturated rings. The maximum Gasteiger partial charge on any atom is 0.159 e. The molecule has 1 aromatic heterocycles. The lowest BCUT2D eigenvalue weighted by Crippen LogP contribution is -1.95. The summed E-state index contributed by atoms with van der Waals surface area (Å²) in [5, 5.41) is 0. The van der Waals surface area contributed by atoms with Crippen molar-refractivity contribution in [2.24, 2.45) is 5.92 Å². The molecular weight excluding hydrogens is 336 g/mol. The summed E-state index contributed by atoms with van der Waals surface area (Å²) in [7, 11) is 0. The number of hydrogen-bond donors (Lipinski definition) is 0. The Morgan fingerprint density at radius 2 is 1.54 bits per heavy atom. The zero-order valence-electron chi connectivity index (χ0n) is 16.7. The lowest BCUT2D eigenvalue weighted by molar-refractivity contribution is 0.607. The van der Waals surface area contributed by atoms with Crippen LogP contribution in [0.5, 0.6) is 0 Å². The van der Waals surface area contributed by atoms with Gasteiger partial charge in [0, 0.05) is 28.6 Å². The average Bonchev–Trinajstić information content (AvgIpc) is 2.69. The van der Waals surface area contributed by atoms with Crippen LogP contribution in [-0.4, -0.2) is 15.7 Å². The number of nitrogens with zero attached hydrogens (tertiary/aromatic N) is 2. The van der Waals surface area contributed by atoms with Crippen LogP contribution in [0.4, 0.5) is 0 Å². The van der Waals surface area contributed by atoms with Gasteiger partial charge in [0.15, 0.2) is 5.82 Å². The van der Waals surface area contributed by atoms with Crippen LogP contribution in [0.25, 0.3) is 11.4 Å². The number of thioether (sulfide) groups is 1. The Kier molecular flexibility index (Phi) is 9.76. The van der Waals surface area contributed by atoms with E-state index in [0.717, 1.165) is 23.7 Å². The molecular formula is C23H34N2S. The molecule has 1 heterocycles. The topological polar surface area (TPSA) is 25.8 Å². The van der Waals surface area contributed by atoms with Crippen molar-refractivity contribution in [3.05, 3.63) is 42.2 Å². The lowest BCUT2D eigenvalue weighted by atomic mass is 10.1. The van der Waals surface area contributed by atoms with Crippen LogP contribution in [-0.2, 0) is 6.42 Å². The van der Waals surface area contributed by atoms with Gasteiger partial charge in [0.2, 0.25) is 0 Å². The molecule has 0 spiro atoms. The number of benzene rings is 1. The Morgan fingerprint density at radius 1 is 0.885 bits per heavy atom.